The number of hydrogen-bond donors (Lipinski definition) is 1. The van der Waals surface area contributed by atoms with E-state index in [1.165, 1.54) is 0 Å². The topological polar surface area (TPSA) is 71.2 Å². The zero-order valence-electron chi connectivity index (χ0n) is 10.0. The highest BCUT2D eigenvalue weighted by atomic mass is 16.4. The summed E-state index contributed by atoms with van der Waals surface area (Å²) < 4.78 is 1.70. The van der Waals surface area contributed by atoms with Gasteiger partial charge in [0, 0.05) is 19.5 Å². The van der Waals surface area contributed by atoms with Crippen LogP contribution in [0.1, 0.15) is 5.69 Å². The second-order valence-electron chi connectivity index (χ2n) is 4.00. The molecule has 0 saturated carbocycles. The van der Waals surface area contributed by atoms with E-state index in [1.54, 1.807) is 22.7 Å². The van der Waals surface area contributed by atoms with Gasteiger partial charge in [-0.1, -0.05) is 0 Å². The first-order valence-corrected chi connectivity index (χ1v) is 5.22. The highest BCUT2D eigenvalue weighted by molar-refractivity contribution is 5.80. The van der Waals surface area contributed by atoms with Crippen molar-refractivity contribution in [2.75, 3.05) is 18.5 Å². The lowest BCUT2D eigenvalue weighted by Gasteiger charge is -2.15. The van der Waals surface area contributed by atoms with Crippen LogP contribution in [-0.4, -0.2) is 39.4 Å². The quantitative estimate of drug-likeness (QED) is 0.850. The molecule has 0 atom stereocenters. The van der Waals surface area contributed by atoms with E-state index in [0.717, 1.165) is 16.7 Å². The molecule has 6 nitrogen and oxygen atoms in total. The van der Waals surface area contributed by atoms with Crippen LogP contribution in [0.3, 0.4) is 0 Å². The predicted molar refractivity (Wildman–Crippen MR) is 64.2 cm³/mol. The molecule has 6 heteroatoms. The fraction of sp³-hybridized carbons (Fsp3) is 0.364. The molecule has 0 fully saturated rings. The normalized spacial score (nSPS) is 10.8. The van der Waals surface area contributed by atoms with Gasteiger partial charge in [0.1, 0.15) is 12.4 Å². The zero-order chi connectivity index (χ0) is 12.6. The first-order valence-electron chi connectivity index (χ1n) is 5.22. The maximum Gasteiger partial charge on any atom is 0.323 e. The van der Waals surface area contributed by atoms with E-state index in [-0.39, 0.29) is 6.54 Å². The Bertz CT molecular complexity index is 576. The molecule has 0 aromatic carbocycles. The van der Waals surface area contributed by atoms with Gasteiger partial charge in [-0.05, 0) is 19.1 Å². The summed E-state index contributed by atoms with van der Waals surface area (Å²) in [5.74, 6) is -0.251. The first kappa shape index (κ1) is 11.4. The third-order valence-electron chi connectivity index (χ3n) is 2.62. The van der Waals surface area contributed by atoms with Crippen LogP contribution in [0.25, 0.3) is 11.0 Å². The summed E-state index contributed by atoms with van der Waals surface area (Å²) in [5.41, 5.74) is 1.68. The van der Waals surface area contributed by atoms with Gasteiger partial charge in [0.25, 0.3) is 0 Å². The number of carboxylic acid groups (broad SMARTS) is 1. The van der Waals surface area contributed by atoms with Crippen LogP contribution in [0.4, 0.5) is 5.82 Å². The van der Waals surface area contributed by atoms with Gasteiger partial charge in [0.05, 0.1) is 5.69 Å². The van der Waals surface area contributed by atoms with Crippen molar-refractivity contribution >= 4 is 22.8 Å². The second kappa shape index (κ2) is 4.04. The number of carboxylic acids is 1. The van der Waals surface area contributed by atoms with Gasteiger partial charge in [0.2, 0.25) is 0 Å². The Morgan fingerprint density at radius 3 is 2.88 bits per heavy atom. The highest BCUT2D eigenvalue weighted by Gasteiger charge is 2.11. The fourth-order valence-corrected chi connectivity index (χ4v) is 1.79. The summed E-state index contributed by atoms with van der Waals surface area (Å²) in [6.07, 6.45) is 0. The average molecular weight is 234 g/mol. The van der Waals surface area contributed by atoms with Crippen LogP contribution in [-0.2, 0) is 11.8 Å². The van der Waals surface area contributed by atoms with E-state index >= 15 is 0 Å². The summed E-state index contributed by atoms with van der Waals surface area (Å²) >= 11 is 0. The van der Waals surface area contributed by atoms with E-state index in [9.17, 15) is 4.79 Å². The molecule has 0 bridgehead atoms. The molecule has 0 aliphatic carbocycles. The molecule has 0 amide bonds. The highest BCUT2D eigenvalue weighted by Crippen LogP contribution is 2.19. The Hall–Kier alpha value is -2.11. The van der Waals surface area contributed by atoms with Crippen LogP contribution in [0.15, 0.2) is 12.1 Å². The van der Waals surface area contributed by atoms with Crippen molar-refractivity contribution in [1.82, 2.24) is 14.8 Å². The number of hydrogen-bond acceptors (Lipinski definition) is 4. The van der Waals surface area contributed by atoms with E-state index in [4.69, 9.17) is 5.11 Å². The molecule has 0 aliphatic heterocycles. The van der Waals surface area contributed by atoms with Gasteiger partial charge in [0.15, 0.2) is 5.65 Å². The zero-order valence-corrected chi connectivity index (χ0v) is 10.0. The van der Waals surface area contributed by atoms with Crippen LogP contribution in [0, 0.1) is 6.92 Å². The Morgan fingerprint density at radius 1 is 1.53 bits per heavy atom. The second-order valence-corrected chi connectivity index (χ2v) is 4.00. The van der Waals surface area contributed by atoms with Gasteiger partial charge >= 0.3 is 5.97 Å². The maximum atomic E-state index is 10.6. The van der Waals surface area contributed by atoms with Gasteiger partial charge in [-0.25, -0.2) is 4.98 Å². The van der Waals surface area contributed by atoms with Crippen LogP contribution in [0.2, 0.25) is 0 Å². The van der Waals surface area contributed by atoms with Crippen molar-refractivity contribution in [3.63, 3.8) is 0 Å². The van der Waals surface area contributed by atoms with Gasteiger partial charge < -0.3 is 10.0 Å². The lowest BCUT2D eigenvalue weighted by molar-refractivity contribution is -0.135. The third kappa shape index (κ3) is 2.06. The monoisotopic (exact) mass is 234 g/mol. The number of carbonyl (C=O) groups is 1. The van der Waals surface area contributed by atoms with Crippen LogP contribution < -0.4 is 4.90 Å². The summed E-state index contributed by atoms with van der Waals surface area (Å²) in [5, 5.41) is 14.0. The van der Waals surface area contributed by atoms with Crippen molar-refractivity contribution in [2.24, 2.45) is 7.05 Å². The summed E-state index contributed by atoms with van der Waals surface area (Å²) in [6, 6.07) is 3.72. The molecule has 17 heavy (non-hydrogen) atoms. The van der Waals surface area contributed by atoms with E-state index in [0.29, 0.717) is 5.82 Å². The van der Waals surface area contributed by atoms with E-state index in [2.05, 4.69) is 10.1 Å². The minimum atomic E-state index is -0.879. The molecular formula is C11H14N4O2. The van der Waals surface area contributed by atoms with Crippen LogP contribution in [0.5, 0.6) is 0 Å². The van der Waals surface area contributed by atoms with Gasteiger partial charge in [-0.3, -0.25) is 9.48 Å². The average Bonchev–Trinajstić information content (AvgIpc) is 2.53. The summed E-state index contributed by atoms with van der Waals surface area (Å²) in [4.78, 5) is 16.6. The molecule has 0 saturated heterocycles. The molecule has 90 valence electrons. The Morgan fingerprint density at radius 2 is 2.24 bits per heavy atom. The number of nitrogens with zero attached hydrogens (tertiary/aromatic N) is 4. The summed E-state index contributed by atoms with van der Waals surface area (Å²) in [6.45, 7) is 1.85. The molecule has 2 aromatic heterocycles. The number of pyridine rings is 1. The first-order chi connectivity index (χ1) is 7.99. The molecule has 1 N–H and O–H groups in total. The largest absolute Gasteiger partial charge is 0.480 e. The molecule has 2 aromatic rings. The lowest BCUT2D eigenvalue weighted by Crippen LogP contribution is -2.25. The molecule has 2 rings (SSSR count). The standard InChI is InChI=1S/C11H14N4O2/c1-7-8-4-5-9(14(2)6-10(16)17)12-11(8)15(3)13-7/h4-5H,6H2,1-3H3,(H,16,17). The number of aryl methyl sites for hydroxylation is 2. The van der Waals surface area contributed by atoms with Crippen molar-refractivity contribution in [3.05, 3.63) is 17.8 Å². The Kier molecular flexibility index (Phi) is 2.71. The van der Waals surface area contributed by atoms with Gasteiger partial charge in [-0.15, -0.1) is 0 Å². The number of likely N-dealkylation sites (N-methyl/N-ethyl adjacent to an activating group) is 1. The Balaban J connectivity index is 2.44. The van der Waals surface area contributed by atoms with Crippen molar-refractivity contribution in [3.8, 4) is 0 Å². The number of aromatic nitrogens is 3. The molecule has 0 aliphatic rings. The van der Waals surface area contributed by atoms with Gasteiger partial charge in [-0.2, -0.15) is 5.10 Å². The predicted octanol–water partition coefficient (Wildman–Crippen LogP) is 0.798. The minimum Gasteiger partial charge on any atom is -0.480 e. The smallest absolute Gasteiger partial charge is 0.323 e. The molecular weight excluding hydrogens is 220 g/mol. The number of rotatable bonds is 3. The maximum absolute atomic E-state index is 10.6. The van der Waals surface area contributed by atoms with Crippen LogP contribution >= 0.6 is 0 Å². The third-order valence-corrected chi connectivity index (χ3v) is 2.62. The number of anilines is 1. The number of fused-ring (bicyclic) bond motifs is 1. The fourth-order valence-electron chi connectivity index (χ4n) is 1.79. The van der Waals surface area contributed by atoms with E-state index in [1.807, 2.05) is 20.0 Å². The summed E-state index contributed by atoms with van der Waals surface area (Å²) in [7, 11) is 3.52. The molecule has 0 spiro atoms. The van der Waals surface area contributed by atoms with E-state index < -0.39 is 5.97 Å². The van der Waals surface area contributed by atoms with Crippen molar-refractivity contribution < 1.29 is 9.90 Å². The SMILES string of the molecule is Cc1nn(C)c2nc(N(C)CC(=O)O)ccc12. The van der Waals surface area contributed by atoms with Crippen molar-refractivity contribution in [1.29, 1.82) is 0 Å². The molecule has 0 unspecified atom stereocenters. The molecule has 0 radical (unpaired) electrons. The minimum absolute atomic E-state index is 0.0741. The van der Waals surface area contributed by atoms with Crippen molar-refractivity contribution in [2.45, 2.75) is 6.92 Å². The lowest BCUT2D eigenvalue weighted by atomic mass is 10.3. The Labute approximate surface area is 98.5 Å². The number of aliphatic carboxylic acids is 1. The molecule has 2 heterocycles.